The fourth-order valence-corrected chi connectivity index (χ4v) is 1.36. The highest BCUT2D eigenvalue weighted by molar-refractivity contribution is 5.66. The van der Waals surface area contributed by atoms with Crippen molar-refractivity contribution >= 4 is 11.4 Å². The zero-order valence-corrected chi connectivity index (χ0v) is 9.78. The molecule has 0 amide bonds. The van der Waals surface area contributed by atoms with Gasteiger partial charge in [-0.25, -0.2) is 0 Å². The van der Waals surface area contributed by atoms with Gasteiger partial charge in [-0.3, -0.25) is 10.1 Å². The molecule has 0 unspecified atom stereocenters. The van der Waals surface area contributed by atoms with Gasteiger partial charge < -0.3 is 11.1 Å². The van der Waals surface area contributed by atoms with Crippen LogP contribution in [0.15, 0.2) is 18.2 Å². The van der Waals surface area contributed by atoms with Gasteiger partial charge in [0.1, 0.15) is 5.69 Å². The van der Waals surface area contributed by atoms with Gasteiger partial charge in [0.25, 0.3) is 5.69 Å². The van der Waals surface area contributed by atoms with Gasteiger partial charge in [-0.2, -0.15) is 0 Å². The van der Waals surface area contributed by atoms with E-state index in [1.807, 2.05) is 26.8 Å². The summed E-state index contributed by atoms with van der Waals surface area (Å²) in [6.45, 7) is 6.05. The second-order valence-corrected chi connectivity index (χ2v) is 4.44. The summed E-state index contributed by atoms with van der Waals surface area (Å²) < 4.78 is 0. The van der Waals surface area contributed by atoms with Gasteiger partial charge in [-0.15, -0.1) is 0 Å². The molecule has 0 aliphatic rings. The highest BCUT2D eigenvalue weighted by Crippen LogP contribution is 2.29. The van der Waals surface area contributed by atoms with Gasteiger partial charge in [-0.05, 0) is 26.3 Å². The Morgan fingerprint density at radius 3 is 2.62 bits per heavy atom. The smallest absolute Gasteiger partial charge is 0.292 e. The first-order valence-corrected chi connectivity index (χ1v) is 5.09. The van der Waals surface area contributed by atoms with E-state index in [1.54, 1.807) is 6.07 Å². The van der Waals surface area contributed by atoms with Gasteiger partial charge in [0.15, 0.2) is 0 Å². The largest absolute Gasteiger partial charge is 0.373 e. The summed E-state index contributed by atoms with van der Waals surface area (Å²) in [5, 5.41) is 14.0. The lowest BCUT2D eigenvalue weighted by molar-refractivity contribution is -0.384. The molecule has 0 spiro atoms. The molecular formula is C11H17N3O2. The lowest BCUT2D eigenvalue weighted by atomic mass is 10.0. The summed E-state index contributed by atoms with van der Waals surface area (Å²) in [7, 11) is 0. The Morgan fingerprint density at radius 1 is 1.50 bits per heavy atom. The zero-order chi connectivity index (χ0) is 12.3. The minimum atomic E-state index is -0.387. The molecule has 0 saturated carbocycles. The Hall–Kier alpha value is -1.62. The van der Waals surface area contributed by atoms with Crippen molar-refractivity contribution in [3.8, 4) is 0 Å². The maximum atomic E-state index is 10.9. The fraction of sp³-hybridized carbons (Fsp3) is 0.455. The summed E-state index contributed by atoms with van der Waals surface area (Å²) in [5.41, 5.74) is 6.71. The van der Waals surface area contributed by atoms with E-state index in [4.69, 9.17) is 5.73 Å². The predicted molar refractivity (Wildman–Crippen MR) is 64.6 cm³/mol. The third-order valence-electron chi connectivity index (χ3n) is 2.42. The van der Waals surface area contributed by atoms with E-state index in [9.17, 15) is 10.1 Å². The molecule has 1 aromatic rings. The molecule has 0 aliphatic heterocycles. The molecule has 0 fully saturated rings. The molecule has 1 rings (SSSR count). The lowest BCUT2D eigenvalue weighted by Crippen LogP contribution is -2.39. The first-order valence-electron chi connectivity index (χ1n) is 5.09. The molecule has 0 heterocycles. The Morgan fingerprint density at radius 2 is 2.12 bits per heavy atom. The third-order valence-corrected chi connectivity index (χ3v) is 2.42. The standard InChI is InChI=1S/C11H17N3O2/c1-8-5-4-6-9(14(15)16)10(8)13-11(2,3)7-12/h4-6,13H,7,12H2,1-3H3. The number of anilines is 1. The van der Waals surface area contributed by atoms with Crippen LogP contribution in [0.2, 0.25) is 0 Å². The summed E-state index contributed by atoms with van der Waals surface area (Å²) in [6, 6.07) is 5.00. The molecule has 16 heavy (non-hydrogen) atoms. The number of nitro groups is 1. The Balaban J connectivity index is 3.16. The van der Waals surface area contributed by atoms with Crippen LogP contribution in [0, 0.1) is 17.0 Å². The summed E-state index contributed by atoms with van der Waals surface area (Å²) in [5.74, 6) is 0. The molecule has 0 radical (unpaired) electrons. The average molecular weight is 223 g/mol. The molecule has 0 saturated heterocycles. The second kappa shape index (κ2) is 4.49. The van der Waals surface area contributed by atoms with E-state index in [1.165, 1.54) is 6.07 Å². The highest BCUT2D eigenvalue weighted by Gasteiger charge is 2.22. The minimum Gasteiger partial charge on any atom is -0.373 e. The number of nitrogens with two attached hydrogens (primary N) is 1. The summed E-state index contributed by atoms with van der Waals surface area (Å²) in [6.07, 6.45) is 0. The van der Waals surface area contributed by atoms with Crippen LogP contribution >= 0.6 is 0 Å². The summed E-state index contributed by atoms with van der Waals surface area (Å²) in [4.78, 5) is 10.5. The van der Waals surface area contributed by atoms with Crippen LogP contribution in [0.1, 0.15) is 19.4 Å². The Kier molecular flexibility index (Phi) is 3.49. The van der Waals surface area contributed by atoms with Crippen molar-refractivity contribution in [2.45, 2.75) is 26.3 Å². The van der Waals surface area contributed by atoms with Crippen LogP contribution in [0.25, 0.3) is 0 Å². The number of nitro benzene ring substituents is 1. The Labute approximate surface area is 94.8 Å². The van der Waals surface area contributed by atoms with Crippen molar-refractivity contribution in [3.05, 3.63) is 33.9 Å². The number of benzene rings is 1. The van der Waals surface area contributed by atoms with E-state index in [0.29, 0.717) is 12.2 Å². The molecule has 3 N–H and O–H groups in total. The monoisotopic (exact) mass is 223 g/mol. The van der Waals surface area contributed by atoms with E-state index in [-0.39, 0.29) is 16.1 Å². The number of nitrogens with zero attached hydrogens (tertiary/aromatic N) is 1. The number of nitrogens with one attached hydrogen (secondary N) is 1. The third kappa shape index (κ3) is 2.70. The second-order valence-electron chi connectivity index (χ2n) is 4.44. The molecule has 0 bridgehead atoms. The number of rotatable bonds is 4. The van der Waals surface area contributed by atoms with Crippen molar-refractivity contribution in [1.29, 1.82) is 0 Å². The van der Waals surface area contributed by atoms with Crippen LogP contribution < -0.4 is 11.1 Å². The molecule has 5 nitrogen and oxygen atoms in total. The minimum absolute atomic E-state index is 0.0847. The Bertz CT molecular complexity index is 402. The first-order chi connectivity index (χ1) is 7.37. The molecule has 1 aromatic carbocycles. The van der Waals surface area contributed by atoms with E-state index < -0.39 is 0 Å². The molecule has 5 heteroatoms. The van der Waals surface area contributed by atoms with E-state index >= 15 is 0 Å². The van der Waals surface area contributed by atoms with Crippen LogP contribution in [0.4, 0.5) is 11.4 Å². The van der Waals surface area contributed by atoms with Gasteiger partial charge in [0, 0.05) is 18.2 Å². The van der Waals surface area contributed by atoms with Crippen molar-refractivity contribution in [3.63, 3.8) is 0 Å². The predicted octanol–water partition coefficient (Wildman–Crippen LogP) is 2.05. The van der Waals surface area contributed by atoms with Crippen molar-refractivity contribution < 1.29 is 4.92 Å². The first kappa shape index (κ1) is 12.4. The van der Waals surface area contributed by atoms with Gasteiger partial charge in [0.05, 0.1) is 4.92 Å². The number of hydrogen-bond donors (Lipinski definition) is 2. The molecule has 0 aliphatic carbocycles. The molecule has 88 valence electrons. The SMILES string of the molecule is Cc1cccc([N+](=O)[O-])c1NC(C)(C)CN. The number of hydrogen-bond acceptors (Lipinski definition) is 4. The maximum absolute atomic E-state index is 10.9. The van der Waals surface area contributed by atoms with Crippen molar-refractivity contribution in [2.75, 3.05) is 11.9 Å². The van der Waals surface area contributed by atoms with Crippen LogP contribution in [0.3, 0.4) is 0 Å². The molecule has 0 atom stereocenters. The summed E-state index contributed by atoms with van der Waals surface area (Å²) >= 11 is 0. The van der Waals surface area contributed by atoms with Crippen molar-refractivity contribution in [2.24, 2.45) is 5.73 Å². The normalized spacial score (nSPS) is 11.2. The number of para-hydroxylation sites is 1. The number of aryl methyl sites for hydroxylation is 1. The molecule has 0 aromatic heterocycles. The van der Waals surface area contributed by atoms with Crippen LogP contribution in [-0.4, -0.2) is 17.0 Å². The quantitative estimate of drug-likeness (QED) is 0.604. The van der Waals surface area contributed by atoms with Gasteiger partial charge >= 0.3 is 0 Å². The highest BCUT2D eigenvalue weighted by atomic mass is 16.6. The van der Waals surface area contributed by atoms with Gasteiger partial charge in [0.2, 0.25) is 0 Å². The maximum Gasteiger partial charge on any atom is 0.292 e. The fourth-order valence-electron chi connectivity index (χ4n) is 1.36. The van der Waals surface area contributed by atoms with Crippen molar-refractivity contribution in [1.82, 2.24) is 0 Å². The lowest BCUT2D eigenvalue weighted by Gasteiger charge is -2.26. The van der Waals surface area contributed by atoms with Gasteiger partial charge in [-0.1, -0.05) is 12.1 Å². The zero-order valence-electron chi connectivity index (χ0n) is 9.78. The topological polar surface area (TPSA) is 81.2 Å². The van der Waals surface area contributed by atoms with Crippen LogP contribution in [0.5, 0.6) is 0 Å². The molecular weight excluding hydrogens is 206 g/mol. The van der Waals surface area contributed by atoms with Crippen LogP contribution in [-0.2, 0) is 0 Å². The van der Waals surface area contributed by atoms with E-state index in [0.717, 1.165) is 5.56 Å². The average Bonchev–Trinajstić information content (AvgIpc) is 2.20. The van der Waals surface area contributed by atoms with E-state index in [2.05, 4.69) is 5.32 Å².